The highest BCUT2D eigenvalue weighted by atomic mass is 35.5. The van der Waals surface area contributed by atoms with Gasteiger partial charge in [-0.1, -0.05) is 18.0 Å². The smallest absolute Gasteiger partial charge is 0.125 e. The third-order valence-corrected chi connectivity index (χ3v) is 4.78. The van der Waals surface area contributed by atoms with Crippen LogP contribution in [-0.2, 0) is 0 Å². The minimum absolute atomic E-state index is 0.00899. The second-order valence-corrected chi connectivity index (χ2v) is 6.20. The van der Waals surface area contributed by atoms with Gasteiger partial charge in [0.05, 0.1) is 0 Å². The standard InChI is InChI=1S/C15H20ClNO/c1-10-7-14-11(8-12(10)16)13(17)9-15(18-14)5-3-2-4-6-15/h7-8,13H,2-6,9,17H2,1H3. The van der Waals surface area contributed by atoms with E-state index in [4.69, 9.17) is 22.1 Å². The minimum Gasteiger partial charge on any atom is -0.487 e. The van der Waals surface area contributed by atoms with Crippen molar-refractivity contribution in [2.75, 3.05) is 0 Å². The molecule has 3 heteroatoms. The van der Waals surface area contributed by atoms with E-state index in [0.717, 1.165) is 41.2 Å². The number of benzene rings is 1. The van der Waals surface area contributed by atoms with Crippen molar-refractivity contribution in [3.05, 3.63) is 28.3 Å². The van der Waals surface area contributed by atoms with Gasteiger partial charge in [-0.2, -0.15) is 0 Å². The van der Waals surface area contributed by atoms with Crippen molar-refractivity contribution in [3.63, 3.8) is 0 Å². The first-order chi connectivity index (χ1) is 8.60. The summed E-state index contributed by atoms with van der Waals surface area (Å²) in [4.78, 5) is 0. The van der Waals surface area contributed by atoms with Crippen LogP contribution in [0.2, 0.25) is 5.02 Å². The van der Waals surface area contributed by atoms with E-state index < -0.39 is 0 Å². The Bertz CT molecular complexity index is 466. The number of nitrogens with two attached hydrogens (primary N) is 1. The van der Waals surface area contributed by atoms with Crippen LogP contribution in [0.4, 0.5) is 0 Å². The van der Waals surface area contributed by atoms with Crippen molar-refractivity contribution in [1.82, 2.24) is 0 Å². The molecule has 18 heavy (non-hydrogen) atoms. The Morgan fingerprint density at radius 3 is 2.72 bits per heavy atom. The fourth-order valence-electron chi connectivity index (χ4n) is 3.34. The summed E-state index contributed by atoms with van der Waals surface area (Å²) in [7, 11) is 0. The summed E-state index contributed by atoms with van der Waals surface area (Å²) in [5.74, 6) is 0.956. The fourth-order valence-corrected chi connectivity index (χ4v) is 3.51. The lowest BCUT2D eigenvalue weighted by Gasteiger charge is -2.43. The van der Waals surface area contributed by atoms with E-state index in [9.17, 15) is 0 Å². The van der Waals surface area contributed by atoms with Gasteiger partial charge in [0.2, 0.25) is 0 Å². The Hall–Kier alpha value is -0.730. The van der Waals surface area contributed by atoms with Crippen LogP contribution < -0.4 is 10.5 Å². The second kappa shape index (κ2) is 4.43. The van der Waals surface area contributed by atoms with Crippen molar-refractivity contribution in [1.29, 1.82) is 0 Å². The average molecular weight is 266 g/mol. The second-order valence-electron chi connectivity index (χ2n) is 5.80. The number of aryl methyl sites for hydroxylation is 1. The molecule has 1 aliphatic heterocycles. The maximum Gasteiger partial charge on any atom is 0.125 e. The highest BCUT2D eigenvalue weighted by Crippen LogP contribution is 2.46. The molecule has 3 rings (SSSR count). The Kier molecular flexibility index (Phi) is 3.03. The molecule has 1 spiro atoms. The van der Waals surface area contributed by atoms with Crippen LogP contribution in [-0.4, -0.2) is 5.60 Å². The summed E-state index contributed by atoms with van der Waals surface area (Å²) in [5, 5.41) is 0.785. The van der Waals surface area contributed by atoms with Gasteiger partial charge in [-0.15, -0.1) is 0 Å². The molecule has 98 valence electrons. The first-order valence-corrected chi connectivity index (χ1v) is 7.22. The molecule has 1 saturated carbocycles. The van der Waals surface area contributed by atoms with Gasteiger partial charge in [0.1, 0.15) is 11.4 Å². The van der Waals surface area contributed by atoms with Crippen molar-refractivity contribution in [2.24, 2.45) is 5.73 Å². The SMILES string of the molecule is Cc1cc2c(cc1Cl)C(N)CC1(CCCCC1)O2. The summed E-state index contributed by atoms with van der Waals surface area (Å²) in [5.41, 5.74) is 8.46. The molecule has 0 aromatic heterocycles. The quantitative estimate of drug-likeness (QED) is 0.765. The third kappa shape index (κ3) is 2.02. The Morgan fingerprint density at radius 2 is 2.00 bits per heavy atom. The molecule has 1 atom stereocenters. The highest BCUT2D eigenvalue weighted by molar-refractivity contribution is 6.31. The average Bonchev–Trinajstić information content (AvgIpc) is 2.33. The molecule has 2 aliphatic rings. The van der Waals surface area contributed by atoms with E-state index >= 15 is 0 Å². The molecule has 2 nitrogen and oxygen atoms in total. The predicted molar refractivity (Wildman–Crippen MR) is 74.2 cm³/mol. The molecule has 1 fully saturated rings. The van der Waals surface area contributed by atoms with Crippen LogP contribution in [0, 0.1) is 6.92 Å². The van der Waals surface area contributed by atoms with Crippen LogP contribution in [0.25, 0.3) is 0 Å². The first-order valence-electron chi connectivity index (χ1n) is 6.84. The number of hydrogen-bond donors (Lipinski definition) is 1. The number of fused-ring (bicyclic) bond motifs is 1. The summed E-state index contributed by atoms with van der Waals surface area (Å²) >= 11 is 6.18. The third-order valence-electron chi connectivity index (χ3n) is 4.37. The molecule has 0 radical (unpaired) electrons. The molecule has 1 aromatic rings. The van der Waals surface area contributed by atoms with Gasteiger partial charge in [0.25, 0.3) is 0 Å². The van der Waals surface area contributed by atoms with Gasteiger partial charge < -0.3 is 10.5 Å². The lowest BCUT2D eigenvalue weighted by Crippen LogP contribution is -2.44. The molecule has 1 unspecified atom stereocenters. The van der Waals surface area contributed by atoms with Gasteiger partial charge in [-0.25, -0.2) is 0 Å². The van der Waals surface area contributed by atoms with Crippen LogP contribution in [0.5, 0.6) is 5.75 Å². The van der Waals surface area contributed by atoms with Crippen LogP contribution in [0.3, 0.4) is 0 Å². The summed E-state index contributed by atoms with van der Waals surface area (Å²) < 4.78 is 6.33. The van der Waals surface area contributed by atoms with E-state index in [1.807, 2.05) is 19.1 Å². The zero-order valence-electron chi connectivity index (χ0n) is 10.8. The van der Waals surface area contributed by atoms with E-state index in [0.29, 0.717) is 0 Å². The maximum absolute atomic E-state index is 6.33. The largest absolute Gasteiger partial charge is 0.487 e. The van der Waals surface area contributed by atoms with Gasteiger partial charge in [-0.05, 0) is 50.3 Å². The molecular formula is C15H20ClNO. The van der Waals surface area contributed by atoms with E-state index in [1.54, 1.807) is 0 Å². The minimum atomic E-state index is -0.00899. The van der Waals surface area contributed by atoms with Crippen LogP contribution in [0.15, 0.2) is 12.1 Å². The van der Waals surface area contributed by atoms with Gasteiger partial charge in [0.15, 0.2) is 0 Å². The molecule has 2 N–H and O–H groups in total. The Morgan fingerprint density at radius 1 is 1.28 bits per heavy atom. The number of ether oxygens (including phenoxy) is 1. The van der Waals surface area contributed by atoms with Crippen LogP contribution >= 0.6 is 11.6 Å². The van der Waals surface area contributed by atoms with Crippen molar-refractivity contribution >= 4 is 11.6 Å². The first kappa shape index (κ1) is 12.3. The zero-order valence-corrected chi connectivity index (χ0v) is 11.6. The van der Waals surface area contributed by atoms with Crippen molar-refractivity contribution in [3.8, 4) is 5.75 Å². The zero-order chi connectivity index (χ0) is 12.8. The molecule has 1 heterocycles. The fraction of sp³-hybridized carbons (Fsp3) is 0.600. The number of hydrogen-bond acceptors (Lipinski definition) is 2. The molecule has 0 amide bonds. The van der Waals surface area contributed by atoms with Crippen molar-refractivity contribution in [2.45, 2.75) is 57.1 Å². The molecule has 1 aliphatic carbocycles. The highest BCUT2D eigenvalue weighted by Gasteiger charge is 2.40. The van der Waals surface area contributed by atoms with Crippen LogP contribution in [0.1, 0.15) is 55.7 Å². The molecular weight excluding hydrogens is 246 g/mol. The Balaban J connectivity index is 1.98. The summed E-state index contributed by atoms with van der Waals surface area (Å²) in [6.07, 6.45) is 7.05. The lowest BCUT2D eigenvalue weighted by atomic mass is 9.77. The normalized spacial score (nSPS) is 25.6. The lowest BCUT2D eigenvalue weighted by molar-refractivity contribution is 0.00190. The molecule has 0 bridgehead atoms. The Labute approximate surface area is 113 Å². The van der Waals surface area contributed by atoms with E-state index in [1.165, 1.54) is 19.3 Å². The number of halogens is 1. The van der Waals surface area contributed by atoms with Gasteiger partial charge in [-0.3, -0.25) is 0 Å². The predicted octanol–water partition coefficient (Wildman–Crippen LogP) is 4.13. The summed E-state index contributed by atoms with van der Waals surface area (Å²) in [6, 6.07) is 4.09. The van der Waals surface area contributed by atoms with Gasteiger partial charge >= 0.3 is 0 Å². The summed E-state index contributed by atoms with van der Waals surface area (Å²) in [6.45, 7) is 2.01. The van der Waals surface area contributed by atoms with E-state index in [-0.39, 0.29) is 11.6 Å². The van der Waals surface area contributed by atoms with E-state index in [2.05, 4.69) is 0 Å². The maximum atomic E-state index is 6.33. The number of rotatable bonds is 0. The monoisotopic (exact) mass is 265 g/mol. The molecule has 0 saturated heterocycles. The van der Waals surface area contributed by atoms with Crippen molar-refractivity contribution < 1.29 is 4.74 Å². The molecule has 1 aromatic carbocycles. The topological polar surface area (TPSA) is 35.2 Å². The van der Waals surface area contributed by atoms with Gasteiger partial charge in [0, 0.05) is 23.0 Å².